The molecule has 2 N–H and O–H groups in total. The minimum atomic E-state index is -4.15. The molecule has 1 aliphatic heterocycles. The third kappa shape index (κ3) is 9.27. The zero-order chi connectivity index (χ0) is 37.7. The average Bonchev–Trinajstić information content (AvgIpc) is 3.13. The number of sulfonamides is 1. The Morgan fingerprint density at radius 2 is 1.64 bits per heavy atom. The Kier molecular flexibility index (Phi) is 11.2. The van der Waals surface area contributed by atoms with Crippen molar-refractivity contribution < 1.29 is 44.6 Å². The molecule has 17 heteroatoms. The highest BCUT2D eigenvalue weighted by atomic mass is 32.2. The largest absolute Gasteiger partial charge is 0.468 e. The van der Waals surface area contributed by atoms with Crippen molar-refractivity contribution in [2.45, 2.75) is 50.4 Å². The zero-order valence-electron chi connectivity index (χ0n) is 28.1. The number of aromatic nitrogens is 3. The number of nitrogens with zero attached hydrogens (tertiary/aromatic N) is 4. The van der Waals surface area contributed by atoms with Crippen LogP contribution in [-0.2, 0) is 27.1 Å². The maximum Gasteiger partial charge on any atom is 0.410 e. The smallest absolute Gasteiger partial charge is 0.410 e. The summed E-state index contributed by atoms with van der Waals surface area (Å²) in [7, 11) is -4.15. The lowest BCUT2D eigenvalue weighted by molar-refractivity contribution is 0.0206. The average molecular weight is 757 g/mol. The molecule has 3 aromatic carbocycles. The Balaban J connectivity index is 1.24. The Morgan fingerprint density at radius 3 is 2.34 bits per heavy atom. The van der Waals surface area contributed by atoms with Crippen molar-refractivity contribution in [2.24, 2.45) is 0 Å². The van der Waals surface area contributed by atoms with Crippen LogP contribution in [0.2, 0.25) is 0 Å². The number of pyridine rings is 1. The molecule has 11 nitrogen and oxygen atoms in total. The second-order valence-corrected chi connectivity index (χ2v) is 14.1. The number of alkyl halides is 3. The predicted octanol–water partition coefficient (Wildman–Crippen LogP) is 7.11. The van der Waals surface area contributed by atoms with Crippen LogP contribution in [0.15, 0.2) is 85.1 Å². The van der Waals surface area contributed by atoms with Crippen LogP contribution >= 0.6 is 0 Å². The van der Waals surface area contributed by atoms with Crippen molar-refractivity contribution in [1.29, 1.82) is 0 Å². The van der Waals surface area contributed by atoms with E-state index in [2.05, 4.69) is 20.3 Å². The minimum Gasteiger partial charge on any atom is -0.468 e. The van der Waals surface area contributed by atoms with Crippen LogP contribution in [0.1, 0.15) is 24.5 Å². The van der Waals surface area contributed by atoms with Crippen LogP contribution < -0.4 is 14.8 Å². The van der Waals surface area contributed by atoms with Crippen molar-refractivity contribution in [3.05, 3.63) is 108 Å². The molecule has 1 amide bonds. The van der Waals surface area contributed by atoms with Gasteiger partial charge in [0.15, 0.2) is 23.4 Å². The van der Waals surface area contributed by atoms with E-state index in [1.807, 2.05) is 10.8 Å². The number of piperidine rings is 1. The SMILES string of the molecule is CC(Oc1nc2nc(N[C@H]3C[C@H](F)CN(C(=O)OCc4ccccc4)C3)ncc2cc1-c1ccc(NS(=O)(=O)Cc2ccccc2)c(F)c1F)C(F)F. The fourth-order valence-electron chi connectivity index (χ4n) is 5.64. The standard InChI is InChI=1S/C36H33F5N6O5S/c1-21(32(40)41)52-34-28(27-12-13-29(31(39)30(27)38)46-53(49,50)20-23-10-6-3-7-11-23)14-24-16-42-35(45-33(24)44-34)43-26-15-25(37)17-47(18-26)36(48)51-19-22-8-4-2-5-9-22/h2-14,16,21,25-26,32,46H,15,17-20H2,1H3,(H,42,43,44,45)/t21?,25-,26-/m0/s1. The third-order valence-electron chi connectivity index (χ3n) is 8.22. The number of ether oxygens (including phenoxy) is 2. The molecule has 3 atom stereocenters. The first-order chi connectivity index (χ1) is 25.3. The Labute approximate surface area is 301 Å². The number of rotatable bonds is 12. The Bertz CT molecular complexity index is 2190. The normalized spacial score (nSPS) is 16.7. The number of amides is 1. The van der Waals surface area contributed by atoms with E-state index in [1.54, 1.807) is 54.6 Å². The van der Waals surface area contributed by atoms with Gasteiger partial charge in [-0.3, -0.25) is 4.72 Å². The van der Waals surface area contributed by atoms with Gasteiger partial charge < -0.3 is 19.7 Å². The molecule has 0 spiro atoms. The van der Waals surface area contributed by atoms with Gasteiger partial charge in [0.05, 0.1) is 18.0 Å². The summed E-state index contributed by atoms with van der Waals surface area (Å²) in [5, 5.41) is 3.14. The Morgan fingerprint density at radius 1 is 0.943 bits per heavy atom. The highest BCUT2D eigenvalue weighted by molar-refractivity contribution is 7.91. The maximum atomic E-state index is 15.7. The van der Waals surface area contributed by atoms with Crippen molar-refractivity contribution in [2.75, 3.05) is 23.1 Å². The quantitative estimate of drug-likeness (QED) is 0.128. The van der Waals surface area contributed by atoms with Crippen LogP contribution in [0.3, 0.4) is 0 Å². The van der Waals surface area contributed by atoms with E-state index in [-0.39, 0.29) is 48.7 Å². The molecule has 0 aliphatic carbocycles. The van der Waals surface area contributed by atoms with Gasteiger partial charge in [-0.15, -0.1) is 0 Å². The maximum absolute atomic E-state index is 15.7. The molecule has 0 radical (unpaired) electrons. The minimum absolute atomic E-state index is 0.00941. The first-order valence-electron chi connectivity index (χ1n) is 16.4. The molecule has 2 aromatic heterocycles. The molecule has 1 aliphatic rings. The summed E-state index contributed by atoms with van der Waals surface area (Å²) in [5.41, 5.74) is -0.261. The van der Waals surface area contributed by atoms with Gasteiger partial charge in [-0.25, -0.2) is 40.1 Å². The van der Waals surface area contributed by atoms with Gasteiger partial charge in [0.25, 0.3) is 6.43 Å². The number of likely N-dealkylation sites (tertiary alicyclic amines) is 1. The van der Waals surface area contributed by atoms with E-state index in [1.165, 1.54) is 17.2 Å². The molecule has 1 unspecified atom stereocenters. The summed E-state index contributed by atoms with van der Waals surface area (Å²) in [5.74, 6) is -4.09. The molecular formula is C36H33F5N6O5S. The summed E-state index contributed by atoms with van der Waals surface area (Å²) >= 11 is 0. The van der Waals surface area contributed by atoms with Gasteiger partial charge in [0, 0.05) is 41.7 Å². The zero-order valence-corrected chi connectivity index (χ0v) is 28.9. The van der Waals surface area contributed by atoms with Crippen LogP contribution in [0.25, 0.3) is 22.2 Å². The van der Waals surface area contributed by atoms with Crippen LogP contribution in [0.5, 0.6) is 5.88 Å². The first-order valence-corrected chi connectivity index (χ1v) is 18.0. The molecule has 0 bridgehead atoms. The van der Waals surface area contributed by atoms with Gasteiger partial charge in [-0.05, 0) is 36.2 Å². The molecule has 5 aromatic rings. The Hall–Kier alpha value is -5.58. The van der Waals surface area contributed by atoms with E-state index >= 15 is 8.78 Å². The molecule has 6 rings (SSSR count). The number of fused-ring (bicyclic) bond motifs is 1. The summed E-state index contributed by atoms with van der Waals surface area (Å²) < 4.78 is 111. The summed E-state index contributed by atoms with van der Waals surface area (Å²) in [4.78, 5) is 26.7. The van der Waals surface area contributed by atoms with E-state index in [9.17, 15) is 26.4 Å². The number of carbonyl (C=O) groups is 1. The fourth-order valence-corrected chi connectivity index (χ4v) is 6.84. The number of halogens is 5. The van der Waals surface area contributed by atoms with E-state index < -0.39 is 75.4 Å². The first kappa shape index (κ1) is 37.2. The molecule has 278 valence electrons. The number of carbonyl (C=O) groups excluding carboxylic acids is 1. The van der Waals surface area contributed by atoms with E-state index in [4.69, 9.17) is 9.47 Å². The molecular weight excluding hydrogens is 723 g/mol. The second-order valence-electron chi connectivity index (χ2n) is 12.4. The number of hydrogen-bond donors (Lipinski definition) is 2. The van der Waals surface area contributed by atoms with Gasteiger partial charge in [0.1, 0.15) is 12.8 Å². The van der Waals surface area contributed by atoms with Crippen molar-refractivity contribution in [3.63, 3.8) is 0 Å². The summed E-state index contributed by atoms with van der Waals surface area (Å²) in [6.45, 7) is 0.956. The topological polar surface area (TPSA) is 136 Å². The molecule has 3 heterocycles. The number of benzene rings is 3. The van der Waals surface area contributed by atoms with Crippen molar-refractivity contribution >= 4 is 38.8 Å². The van der Waals surface area contributed by atoms with Crippen LogP contribution in [0.4, 0.5) is 38.4 Å². The van der Waals surface area contributed by atoms with Gasteiger partial charge in [0.2, 0.25) is 21.9 Å². The highest BCUT2D eigenvalue weighted by Crippen LogP contribution is 2.37. The summed E-state index contributed by atoms with van der Waals surface area (Å²) in [6, 6.07) is 19.8. The van der Waals surface area contributed by atoms with Gasteiger partial charge in [-0.1, -0.05) is 60.7 Å². The van der Waals surface area contributed by atoms with Crippen molar-refractivity contribution in [1.82, 2.24) is 19.9 Å². The van der Waals surface area contributed by atoms with Crippen LogP contribution in [-0.4, -0.2) is 72.2 Å². The molecule has 1 saturated heterocycles. The highest BCUT2D eigenvalue weighted by Gasteiger charge is 2.32. The van der Waals surface area contributed by atoms with Crippen molar-refractivity contribution in [3.8, 4) is 17.0 Å². The molecule has 1 fully saturated rings. The number of anilines is 2. The third-order valence-corrected chi connectivity index (χ3v) is 9.46. The lowest BCUT2D eigenvalue weighted by atomic mass is 10.0. The van der Waals surface area contributed by atoms with E-state index in [0.29, 0.717) is 5.56 Å². The van der Waals surface area contributed by atoms with Gasteiger partial charge >= 0.3 is 6.09 Å². The van der Waals surface area contributed by atoms with Crippen LogP contribution in [0, 0.1) is 11.6 Å². The second kappa shape index (κ2) is 16.0. The fraction of sp³-hybridized carbons (Fsp3) is 0.278. The van der Waals surface area contributed by atoms with E-state index in [0.717, 1.165) is 24.6 Å². The lowest BCUT2D eigenvalue weighted by Gasteiger charge is -2.34. The summed E-state index contributed by atoms with van der Waals surface area (Å²) in [6.07, 6.45) is -5.50. The lowest BCUT2D eigenvalue weighted by Crippen LogP contribution is -2.50. The molecule has 53 heavy (non-hydrogen) atoms. The molecule has 0 saturated carbocycles. The predicted molar refractivity (Wildman–Crippen MR) is 187 cm³/mol. The van der Waals surface area contributed by atoms with Gasteiger partial charge in [-0.2, -0.15) is 9.97 Å². The number of hydrogen-bond acceptors (Lipinski definition) is 9. The number of nitrogens with one attached hydrogen (secondary N) is 2. The monoisotopic (exact) mass is 756 g/mol.